The minimum absolute atomic E-state index is 0.00576. The summed E-state index contributed by atoms with van der Waals surface area (Å²) in [6, 6.07) is 14.6. The van der Waals surface area contributed by atoms with Gasteiger partial charge in [-0.1, -0.05) is 6.42 Å². The lowest BCUT2D eigenvalue weighted by Crippen LogP contribution is -2.44. The van der Waals surface area contributed by atoms with Crippen LogP contribution in [0.15, 0.2) is 63.9 Å². The summed E-state index contributed by atoms with van der Waals surface area (Å²) in [7, 11) is -2.10. The number of hydrogen-bond donors (Lipinski definition) is 2. The molecule has 3 aliphatic rings. The number of anilines is 1. The smallest absolute Gasteiger partial charge is 0.333 e. The number of imide groups is 1. The number of unbranched alkanes of at least 4 members (excludes halogenated alkanes) is 2. The van der Waals surface area contributed by atoms with Gasteiger partial charge in [-0.2, -0.15) is 0 Å². The first-order valence-electron chi connectivity index (χ1n) is 27.3. The molecule has 0 aromatic heterocycles. The van der Waals surface area contributed by atoms with Gasteiger partial charge in [0, 0.05) is 85.6 Å². The molecule has 1 aliphatic carbocycles. The number of carbonyl (C=O) groups excluding carboxylic acids is 4. The Morgan fingerprint density at radius 3 is 1.54 bits per heavy atom. The van der Waals surface area contributed by atoms with Crippen molar-refractivity contribution in [3.05, 3.63) is 65.5 Å². The topological polar surface area (TPSA) is 294 Å². The molecular formula is C56H81N4O20S+. The second kappa shape index (κ2) is 38.3. The van der Waals surface area contributed by atoms with Gasteiger partial charge in [0.15, 0.2) is 15.2 Å². The Labute approximate surface area is 473 Å². The predicted molar refractivity (Wildman–Crippen MR) is 293 cm³/mol. The van der Waals surface area contributed by atoms with Crippen LogP contribution in [0.4, 0.5) is 5.69 Å². The van der Waals surface area contributed by atoms with Crippen LogP contribution in [-0.2, 0) is 85.9 Å². The normalized spacial score (nSPS) is 12.8. The second-order valence-electron chi connectivity index (χ2n) is 18.3. The van der Waals surface area contributed by atoms with Crippen LogP contribution in [0, 0.1) is 0 Å². The number of sulfone groups is 1. The molecule has 2 aliphatic heterocycles. The van der Waals surface area contributed by atoms with Gasteiger partial charge in [0.05, 0.1) is 163 Å². The Hall–Kier alpha value is -5.52. The molecule has 1 fully saturated rings. The summed E-state index contributed by atoms with van der Waals surface area (Å²) in [5, 5.41) is 7.70. The number of fused-ring (bicyclic) bond motifs is 2. The number of nitrogens with two attached hydrogens (primary N) is 2. The highest BCUT2D eigenvalue weighted by Crippen LogP contribution is 2.42. The lowest BCUT2D eigenvalue weighted by Gasteiger charge is -2.25. The third-order valence-electron chi connectivity index (χ3n) is 12.1. The average Bonchev–Trinajstić information content (AvgIpc) is 3.54. The highest BCUT2D eigenvalue weighted by Gasteiger charge is 2.33. The van der Waals surface area contributed by atoms with Gasteiger partial charge in [-0.25, -0.2) is 13.2 Å². The van der Waals surface area contributed by atoms with Crippen molar-refractivity contribution < 1.29 is 99.1 Å². The highest BCUT2D eigenvalue weighted by molar-refractivity contribution is 7.90. The molecule has 2 aromatic rings. The molecule has 81 heavy (non-hydrogen) atoms. The van der Waals surface area contributed by atoms with Gasteiger partial charge < -0.3 is 76.7 Å². The van der Waals surface area contributed by atoms with E-state index in [0.717, 1.165) is 6.26 Å². The number of carbonyl (C=O) groups is 4. The fourth-order valence-electron chi connectivity index (χ4n) is 8.02. The van der Waals surface area contributed by atoms with Gasteiger partial charge >= 0.3 is 5.97 Å². The van der Waals surface area contributed by atoms with E-state index in [0.29, 0.717) is 201 Å². The standard InChI is InChI=1S/C56H80N4O20S/c1-67-18-19-69-22-23-71-26-27-73-30-31-75-34-35-77-38-39-78-37-36-76-33-32-74-29-28-72-25-24-70-21-20-68-17-16-59(15-5-3-4-6-54(63)80-60-52(61)13-14-53(60)62)56(64)46-12-9-45(81(2,65)66)42-49(46)55-47-10-7-43(57)40-50(47)79-51-41-44(58)8-11-48(51)55/h7-12,40-42,57H,3-6,13-39,58H2,1-2H3/p+1. The number of amides is 3. The predicted octanol–water partition coefficient (Wildman–Crippen LogP) is 2.29. The van der Waals surface area contributed by atoms with Crippen molar-refractivity contribution in [2.75, 3.05) is 184 Å². The largest absolute Gasteiger partial charge is 0.456 e. The molecule has 0 radical (unpaired) electrons. The Kier molecular flexibility index (Phi) is 31.3. The summed E-state index contributed by atoms with van der Waals surface area (Å²) in [6.07, 6.45) is 2.35. The number of nitrogens with zero attached hydrogens (tertiary/aromatic N) is 2. The van der Waals surface area contributed by atoms with Crippen molar-refractivity contribution in [2.45, 2.75) is 43.4 Å². The van der Waals surface area contributed by atoms with E-state index in [1.807, 2.05) is 0 Å². The molecule has 2 heterocycles. The van der Waals surface area contributed by atoms with Crippen LogP contribution in [0.1, 0.15) is 48.9 Å². The third-order valence-corrected chi connectivity index (χ3v) is 13.3. The molecule has 2 aromatic carbocycles. The molecule has 0 saturated carbocycles. The van der Waals surface area contributed by atoms with Gasteiger partial charge in [0.25, 0.3) is 17.7 Å². The van der Waals surface area contributed by atoms with Crippen molar-refractivity contribution in [2.24, 2.45) is 0 Å². The zero-order valence-corrected chi connectivity index (χ0v) is 47.6. The van der Waals surface area contributed by atoms with Crippen LogP contribution in [0.25, 0.3) is 33.4 Å². The number of hydroxylamine groups is 2. The SMILES string of the molecule is COCCOCCOCCOCCOCCOCCOCCOCCOCCOCCOCCOCCN(CCCCCC(=O)ON1C(=O)CCC1=O)C(=O)c1ccc(S(C)(=O)=O)cc1-c1c2ccc(=[NH2+])cc-2oc2cc(N)ccc12. The van der Waals surface area contributed by atoms with Crippen LogP contribution < -0.4 is 16.5 Å². The van der Waals surface area contributed by atoms with Crippen molar-refractivity contribution in [1.82, 2.24) is 9.96 Å². The van der Waals surface area contributed by atoms with Crippen molar-refractivity contribution in [3.63, 3.8) is 0 Å². The molecule has 4 N–H and O–H groups in total. The molecule has 24 nitrogen and oxygen atoms in total. The van der Waals surface area contributed by atoms with E-state index in [-0.39, 0.29) is 62.6 Å². The van der Waals surface area contributed by atoms with E-state index in [9.17, 15) is 27.6 Å². The van der Waals surface area contributed by atoms with Crippen LogP contribution in [-0.4, -0.2) is 220 Å². The van der Waals surface area contributed by atoms with Gasteiger partial charge in [-0.3, -0.25) is 19.8 Å². The first-order valence-corrected chi connectivity index (χ1v) is 29.2. The Balaban J connectivity index is 0.965. The molecular weight excluding hydrogens is 1080 g/mol. The minimum Gasteiger partial charge on any atom is -0.456 e. The number of nitrogen functional groups attached to an aromatic ring is 1. The summed E-state index contributed by atoms with van der Waals surface area (Å²) >= 11 is 0. The van der Waals surface area contributed by atoms with E-state index >= 15 is 0 Å². The number of hydrogen-bond acceptors (Lipinski definition) is 21. The van der Waals surface area contributed by atoms with E-state index in [1.165, 1.54) is 18.2 Å². The highest BCUT2D eigenvalue weighted by atomic mass is 32.2. The lowest BCUT2D eigenvalue weighted by molar-refractivity contribution is -0.197. The molecule has 0 bridgehead atoms. The number of benzene rings is 3. The Bertz CT molecular complexity index is 2640. The van der Waals surface area contributed by atoms with Crippen LogP contribution in [0.3, 0.4) is 0 Å². The van der Waals surface area contributed by atoms with E-state index in [4.69, 9.17) is 77.2 Å². The summed E-state index contributed by atoms with van der Waals surface area (Å²) in [5.41, 5.74) is 8.71. The quantitative estimate of drug-likeness (QED) is 0.0278. The zero-order valence-electron chi connectivity index (χ0n) is 46.7. The molecule has 0 atom stereocenters. The summed E-state index contributed by atoms with van der Waals surface area (Å²) < 4.78 is 98.2. The van der Waals surface area contributed by atoms with Crippen molar-refractivity contribution in [1.29, 1.82) is 0 Å². The van der Waals surface area contributed by atoms with E-state index in [2.05, 4.69) is 0 Å². The maximum absolute atomic E-state index is 14.9. The molecule has 0 unspecified atom stereocenters. The Morgan fingerprint density at radius 1 is 0.580 bits per heavy atom. The van der Waals surface area contributed by atoms with Gasteiger partial charge in [-0.05, 0) is 54.8 Å². The fraction of sp³-hybridized carbons (Fsp3) is 0.589. The van der Waals surface area contributed by atoms with Crippen molar-refractivity contribution in [3.8, 4) is 22.5 Å². The summed E-state index contributed by atoms with van der Waals surface area (Å²) in [5.74, 6) is -1.82. The Morgan fingerprint density at radius 2 is 1.06 bits per heavy atom. The zero-order chi connectivity index (χ0) is 57.9. The fourth-order valence-corrected chi connectivity index (χ4v) is 8.67. The maximum atomic E-state index is 14.9. The third kappa shape index (κ3) is 24.9. The molecule has 450 valence electrons. The van der Waals surface area contributed by atoms with Gasteiger partial charge in [0.2, 0.25) is 0 Å². The molecule has 0 spiro atoms. The molecule has 1 saturated heterocycles. The van der Waals surface area contributed by atoms with Gasteiger partial charge in [0.1, 0.15) is 11.3 Å². The van der Waals surface area contributed by atoms with E-state index in [1.54, 1.807) is 48.4 Å². The van der Waals surface area contributed by atoms with Crippen LogP contribution in [0.5, 0.6) is 0 Å². The minimum atomic E-state index is -3.73. The number of rotatable bonds is 46. The molecule has 3 amide bonds. The maximum Gasteiger partial charge on any atom is 0.333 e. The summed E-state index contributed by atoms with van der Waals surface area (Å²) in [4.78, 5) is 57.8. The second-order valence-corrected chi connectivity index (χ2v) is 20.4. The molecule has 5 rings (SSSR count). The van der Waals surface area contributed by atoms with E-state index < -0.39 is 33.5 Å². The number of methoxy groups -OCH3 is 1. The first-order chi connectivity index (χ1) is 39.4. The van der Waals surface area contributed by atoms with Crippen molar-refractivity contribution >= 4 is 50.2 Å². The summed E-state index contributed by atoms with van der Waals surface area (Å²) in [6.45, 7) is 10.2. The van der Waals surface area contributed by atoms with Crippen LogP contribution >= 0.6 is 0 Å². The van der Waals surface area contributed by atoms with Crippen LogP contribution in [0.2, 0.25) is 0 Å². The number of ether oxygens (including phenoxy) is 12. The first kappa shape index (κ1) is 66.3. The monoisotopic (exact) mass is 1160 g/mol. The van der Waals surface area contributed by atoms with Gasteiger partial charge in [-0.15, -0.1) is 5.06 Å². The molecule has 25 heteroatoms. The average molecular weight is 1160 g/mol. The lowest BCUT2D eigenvalue weighted by atomic mass is 9.90.